The fourth-order valence-corrected chi connectivity index (χ4v) is 3.86. The van der Waals surface area contributed by atoms with Gasteiger partial charge in [0, 0.05) is 36.0 Å². The molecular formula is C20H18BrF3N4O. The number of piperazine rings is 1. The summed E-state index contributed by atoms with van der Waals surface area (Å²) < 4.78 is 46.2. The zero-order chi connectivity index (χ0) is 20.6. The molecule has 0 saturated carbocycles. The highest BCUT2D eigenvalue weighted by Gasteiger charge is 2.36. The third-order valence-electron chi connectivity index (χ3n) is 4.90. The normalized spacial score (nSPS) is 15.1. The number of hydrogen-bond acceptors (Lipinski definition) is 5. The van der Waals surface area contributed by atoms with Crippen LogP contribution >= 0.6 is 15.9 Å². The molecule has 0 bridgehead atoms. The van der Waals surface area contributed by atoms with Crippen molar-refractivity contribution in [1.29, 1.82) is 0 Å². The second-order valence-electron chi connectivity index (χ2n) is 6.68. The molecule has 1 aliphatic heterocycles. The molecule has 5 nitrogen and oxygen atoms in total. The number of fused-ring (bicyclic) bond motifs is 1. The Hall–Kier alpha value is -2.55. The van der Waals surface area contributed by atoms with Crippen LogP contribution in [-0.2, 0) is 6.18 Å². The topological polar surface area (TPSA) is 41.5 Å². The van der Waals surface area contributed by atoms with Gasteiger partial charge in [-0.1, -0.05) is 28.1 Å². The van der Waals surface area contributed by atoms with Crippen molar-refractivity contribution in [3.8, 4) is 5.75 Å². The number of benzene rings is 2. The Morgan fingerprint density at radius 3 is 2.34 bits per heavy atom. The van der Waals surface area contributed by atoms with E-state index in [0.717, 1.165) is 15.9 Å². The molecule has 1 aliphatic rings. The van der Waals surface area contributed by atoms with Crippen molar-refractivity contribution in [2.75, 3.05) is 43.1 Å². The molecule has 4 rings (SSSR count). The Morgan fingerprint density at radius 1 is 0.966 bits per heavy atom. The van der Waals surface area contributed by atoms with E-state index >= 15 is 0 Å². The minimum absolute atomic E-state index is 0.276. The van der Waals surface area contributed by atoms with E-state index in [-0.39, 0.29) is 5.52 Å². The third kappa shape index (κ3) is 3.96. The van der Waals surface area contributed by atoms with E-state index in [1.165, 1.54) is 0 Å². The maximum atomic E-state index is 13.3. The summed E-state index contributed by atoms with van der Waals surface area (Å²) in [6, 6.07) is 12.7. The molecule has 2 aromatic carbocycles. The standard InChI is InChI=1S/C20H18BrF3N4O/c1-29-17-5-3-2-4-16(17)27-8-10-28(11-9-27)18-14-12-13(21)6-7-15(14)25-19(26-18)20(22,23)24/h2-7,12H,8-11H2,1H3. The molecule has 9 heteroatoms. The Bertz CT molecular complexity index is 1040. The molecule has 1 fully saturated rings. The van der Waals surface area contributed by atoms with E-state index in [2.05, 4.69) is 30.8 Å². The number of anilines is 2. The van der Waals surface area contributed by atoms with E-state index in [1.807, 2.05) is 29.2 Å². The molecule has 29 heavy (non-hydrogen) atoms. The predicted molar refractivity (Wildman–Crippen MR) is 110 cm³/mol. The van der Waals surface area contributed by atoms with E-state index in [4.69, 9.17) is 4.74 Å². The largest absolute Gasteiger partial charge is 0.495 e. The molecule has 0 amide bonds. The van der Waals surface area contributed by atoms with Gasteiger partial charge in [0.15, 0.2) is 0 Å². The molecule has 0 unspecified atom stereocenters. The van der Waals surface area contributed by atoms with Crippen LogP contribution in [0.1, 0.15) is 5.82 Å². The summed E-state index contributed by atoms with van der Waals surface area (Å²) in [5, 5.41) is 0.595. The van der Waals surface area contributed by atoms with Crippen LogP contribution < -0.4 is 14.5 Å². The number of aromatic nitrogens is 2. The number of nitrogens with zero attached hydrogens (tertiary/aromatic N) is 4. The fraction of sp³-hybridized carbons (Fsp3) is 0.300. The highest BCUT2D eigenvalue weighted by atomic mass is 79.9. The van der Waals surface area contributed by atoms with Crippen LogP contribution in [0.2, 0.25) is 0 Å². The summed E-state index contributed by atoms with van der Waals surface area (Å²) in [6.07, 6.45) is -4.60. The first-order valence-corrected chi connectivity index (χ1v) is 9.83. The van der Waals surface area contributed by atoms with E-state index in [9.17, 15) is 13.2 Å². The molecule has 3 aromatic rings. The second-order valence-corrected chi connectivity index (χ2v) is 7.59. The zero-order valence-electron chi connectivity index (χ0n) is 15.6. The van der Waals surface area contributed by atoms with Gasteiger partial charge in [0.25, 0.3) is 0 Å². The summed E-state index contributed by atoms with van der Waals surface area (Å²) in [6.45, 7) is 2.35. The van der Waals surface area contributed by atoms with Crippen LogP contribution in [-0.4, -0.2) is 43.3 Å². The molecule has 0 atom stereocenters. The highest BCUT2D eigenvalue weighted by Crippen LogP contribution is 2.34. The summed E-state index contributed by atoms with van der Waals surface area (Å²) in [7, 11) is 1.62. The van der Waals surface area contributed by atoms with Crippen LogP contribution in [0.3, 0.4) is 0 Å². The SMILES string of the molecule is COc1ccccc1N1CCN(c2nc(C(F)(F)F)nc3ccc(Br)cc23)CC1. The average Bonchev–Trinajstić information content (AvgIpc) is 2.72. The van der Waals surface area contributed by atoms with Gasteiger partial charge >= 0.3 is 6.18 Å². The number of alkyl halides is 3. The first-order valence-electron chi connectivity index (χ1n) is 9.04. The number of ether oxygens (including phenoxy) is 1. The molecule has 1 saturated heterocycles. The van der Waals surface area contributed by atoms with Crippen molar-refractivity contribution >= 4 is 38.3 Å². The smallest absolute Gasteiger partial charge is 0.451 e. The lowest BCUT2D eigenvalue weighted by molar-refractivity contribution is -0.144. The summed E-state index contributed by atoms with van der Waals surface area (Å²) in [5.41, 5.74) is 1.25. The average molecular weight is 467 g/mol. The molecule has 0 aliphatic carbocycles. The monoisotopic (exact) mass is 466 g/mol. The Balaban J connectivity index is 1.66. The lowest BCUT2D eigenvalue weighted by atomic mass is 10.2. The number of halogens is 4. The molecule has 0 spiro atoms. The summed E-state index contributed by atoms with van der Waals surface area (Å²) in [5.74, 6) is -0.0329. The van der Waals surface area contributed by atoms with Gasteiger partial charge in [-0.25, -0.2) is 9.97 Å². The van der Waals surface area contributed by atoms with Crippen LogP contribution in [0.25, 0.3) is 10.9 Å². The highest BCUT2D eigenvalue weighted by molar-refractivity contribution is 9.10. The number of rotatable bonds is 3. The fourth-order valence-electron chi connectivity index (χ4n) is 3.50. The maximum absolute atomic E-state index is 13.3. The maximum Gasteiger partial charge on any atom is 0.451 e. The van der Waals surface area contributed by atoms with Crippen LogP contribution in [0.15, 0.2) is 46.9 Å². The van der Waals surface area contributed by atoms with Crippen molar-refractivity contribution in [3.05, 3.63) is 52.8 Å². The zero-order valence-corrected chi connectivity index (χ0v) is 17.2. The van der Waals surface area contributed by atoms with Crippen LogP contribution in [0.4, 0.5) is 24.7 Å². The minimum Gasteiger partial charge on any atom is -0.495 e. The van der Waals surface area contributed by atoms with Gasteiger partial charge in [0.2, 0.25) is 5.82 Å². The predicted octanol–water partition coefficient (Wildman–Crippen LogP) is 4.75. The molecule has 0 radical (unpaired) electrons. The number of methoxy groups -OCH3 is 1. The second kappa shape index (κ2) is 7.70. The van der Waals surface area contributed by atoms with Gasteiger partial charge in [-0.05, 0) is 30.3 Å². The van der Waals surface area contributed by atoms with E-state index in [0.29, 0.717) is 37.4 Å². The quantitative estimate of drug-likeness (QED) is 0.557. The first kappa shape index (κ1) is 19.8. The van der Waals surface area contributed by atoms with Crippen molar-refractivity contribution in [2.24, 2.45) is 0 Å². The summed E-state index contributed by atoms with van der Waals surface area (Å²) >= 11 is 3.39. The summed E-state index contributed by atoms with van der Waals surface area (Å²) in [4.78, 5) is 11.7. The van der Waals surface area contributed by atoms with Gasteiger partial charge < -0.3 is 14.5 Å². The van der Waals surface area contributed by atoms with Crippen LogP contribution in [0, 0.1) is 0 Å². The minimum atomic E-state index is -4.60. The van der Waals surface area contributed by atoms with Gasteiger partial charge in [-0.15, -0.1) is 0 Å². The van der Waals surface area contributed by atoms with Crippen molar-refractivity contribution in [1.82, 2.24) is 9.97 Å². The molecule has 1 aromatic heterocycles. The first-order chi connectivity index (χ1) is 13.9. The Labute approximate surface area is 174 Å². The van der Waals surface area contributed by atoms with Gasteiger partial charge in [-0.2, -0.15) is 13.2 Å². The van der Waals surface area contributed by atoms with Crippen molar-refractivity contribution in [2.45, 2.75) is 6.18 Å². The van der Waals surface area contributed by atoms with Gasteiger partial charge in [0.05, 0.1) is 18.3 Å². The van der Waals surface area contributed by atoms with Crippen LogP contribution in [0.5, 0.6) is 5.75 Å². The molecule has 0 N–H and O–H groups in total. The number of hydrogen-bond donors (Lipinski definition) is 0. The molecule has 2 heterocycles. The Morgan fingerprint density at radius 2 is 1.66 bits per heavy atom. The van der Waals surface area contributed by atoms with E-state index < -0.39 is 12.0 Å². The molecule has 152 valence electrons. The Kier molecular flexibility index (Phi) is 5.24. The molecular weight excluding hydrogens is 449 g/mol. The van der Waals surface area contributed by atoms with Gasteiger partial charge in [-0.3, -0.25) is 0 Å². The lowest BCUT2D eigenvalue weighted by Gasteiger charge is -2.37. The van der Waals surface area contributed by atoms with E-state index in [1.54, 1.807) is 25.3 Å². The van der Waals surface area contributed by atoms with Crippen molar-refractivity contribution in [3.63, 3.8) is 0 Å². The number of para-hydroxylation sites is 2. The van der Waals surface area contributed by atoms with Crippen molar-refractivity contribution < 1.29 is 17.9 Å². The lowest BCUT2D eigenvalue weighted by Crippen LogP contribution is -2.47. The third-order valence-corrected chi connectivity index (χ3v) is 5.39. The van der Waals surface area contributed by atoms with Gasteiger partial charge in [0.1, 0.15) is 11.6 Å².